The van der Waals surface area contributed by atoms with Crippen molar-refractivity contribution in [2.24, 2.45) is 0 Å². The van der Waals surface area contributed by atoms with E-state index in [1.165, 1.54) is 37.8 Å². The second-order valence-electron chi connectivity index (χ2n) is 5.67. The smallest absolute Gasteiger partial charge is 0.118 e. The fraction of sp³-hybridized carbons (Fsp3) is 0.750. The Morgan fingerprint density at radius 2 is 2.11 bits per heavy atom. The summed E-state index contributed by atoms with van der Waals surface area (Å²) in [5, 5.41) is 3.45. The van der Waals surface area contributed by atoms with E-state index >= 15 is 0 Å². The minimum absolute atomic E-state index is 0.812. The maximum Gasteiger partial charge on any atom is 0.118 e. The van der Waals surface area contributed by atoms with Crippen molar-refractivity contribution in [2.45, 2.75) is 65.6 Å². The van der Waals surface area contributed by atoms with Crippen molar-refractivity contribution in [3.05, 3.63) is 23.2 Å². The van der Waals surface area contributed by atoms with Gasteiger partial charge >= 0.3 is 0 Å². The lowest BCUT2D eigenvalue weighted by Gasteiger charge is -2.19. The number of hydrogen-bond donors (Lipinski definition) is 1. The molecular weight excluding hydrogens is 236 g/mol. The lowest BCUT2D eigenvalue weighted by Crippen LogP contribution is -2.26. The van der Waals surface area contributed by atoms with Crippen molar-refractivity contribution in [2.75, 3.05) is 13.1 Å². The second-order valence-corrected chi connectivity index (χ2v) is 5.67. The van der Waals surface area contributed by atoms with Crippen molar-refractivity contribution in [1.29, 1.82) is 0 Å². The number of nitrogens with one attached hydrogen (secondary N) is 1. The van der Waals surface area contributed by atoms with Gasteiger partial charge in [0.15, 0.2) is 0 Å². The molecule has 0 atom stereocenters. The first-order chi connectivity index (χ1) is 9.24. The molecule has 108 valence electrons. The van der Waals surface area contributed by atoms with Crippen molar-refractivity contribution >= 4 is 0 Å². The average molecular weight is 264 g/mol. The predicted octanol–water partition coefficient (Wildman–Crippen LogP) is 3.46. The van der Waals surface area contributed by atoms with E-state index in [1.54, 1.807) is 0 Å². The molecule has 0 spiro atoms. The van der Waals surface area contributed by atoms with Crippen LogP contribution in [0.25, 0.3) is 0 Å². The van der Waals surface area contributed by atoms with Crippen LogP contribution in [0.5, 0.6) is 0 Å². The van der Waals surface area contributed by atoms with Gasteiger partial charge in [-0.25, -0.2) is 0 Å². The highest BCUT2D eigenvalue weighted by atomic mass is 16.3. The summed E-state index contributed by atoms with van der Waals surface area (Å²) in [5.41, 5.74) is 1.32. The highest BCUT2D eigenvalue weighted by molar-refractivity contribution is 5.20. The molecule has 1 aromatic rings. The maximum absolute atomic E-state index is 5.92. The van der Waals surface area contributed by atoms with E-state index in [1.807, 2.05) is 0 Å². The van der Waals surface area contributed by atoms with Crippen LogP contribution in [0.4, 0.5) is 0 Å². The Bertz CT molecular complexity index is 382. The molecule has 0 bridgehead atoms. The van der Waals surface area contributed by atoms with Gasteiger partial charge in [-0.05, 0) is 51.8 Å². The molecule has 0 amide bonds. The van der Waals surface area contributed by atoms with Gasteiger partial charge in [-0.2, -0.15) is 0 Å². The van der Waals surface area contributed by atoms with Gasteiger partial charge in [0.25, 0.3) is 0 Å². The third-order valence-corrected chi connectivity index (χ3v) is 3.75. The molecule has 1 saturated carbocycles. The number of aryl methyl sites for hydroxylation is 1. The van der Waals surface area contributed by atoms with E-state index < -0.39 is 0 Å². The van der Waals surface area contributed by atoms with Crippen LogP contribution in [0.2, 0.25) is 0 Å². The normalized spacial score (nSPS) is 15.4. The van der Waals surface area contributed by atoms with Crippen LogP contribution < -0.4 is 5.32 Å². The zero-order valence-electron chi connectivity index (χ0n) is 12.7. The molecule has 1 aliphatic rings. The molecule has 0 radical (unpaired) electrons. The third kappa shape index (κ3) is 4.36. The number of furan rings is 1. The van der Waals surface area contributed by atoms with E-state index in [-0.39, 0.29) is 0 Å². The molecule has 2 rings (SSSR count). The molecule has 1 aliphatic carbocycles. The Balaban J connectivity index is 1.90. The molecule has 19 heavy (non-hydrogen) atoms. The molecule has 1 heterocycles. The van der Waals surface area contributed by atoms with Crippen molar-refractivity contribution in [1.82, 2.24) is 10.2 Å². The molecule has 1 aromatic heterocycles. The minimum atomic E-state index is 0.812. The van der Waals surface area contributed by atoms with E-state index in [4.69, 9.17) is 4.42 Å². The van der Waals surface area contributed by atoms with E-state index in [0.717, 1.165) is 37.2 Å². The fourth-order valence-corrected chi connectivity index (χ4v) is 2.56. The lowest BCUT2D eigenvalue weighted by atomic mass is 10.2. The van der Waals surface area contributed by atoms with Gasteiger partial charge in [0.1, 0.15) is 11.5 Å². The lowest BCUT2D eigenvalue weighted by molar-refractivity contribution is 0.233. The first-order valence-electron chi connectivity index (χ1n) is 7.77. The fourth-order valence-electron chi connectivity index (χ4n) is 2.56. The largest absolute Gasteiger partial charge is 0.465 e. The van der Waals surface area contributed by atoms with Crippen LogP contribution in [0.1, 0.15) is 56.6 Å². The minimum Gasteiger partial charge on any atom is -0.465 e. The van der Waals surface area contributed by atoms with Crippen molar-refractivity contribution < 1.29 is 4.42 Å². The summed E-state index contributed by atoms with van der Waals surface area (Å²) in [5.74, 6) is 2.21. The van der Waals surface area contributed by atoms with Crippen LogP contribution in [-0.4, -0.2) is 24.0 Å². The van der Waals surface area contributed by atoms with Crippen molar-refractivity contribution in [3.8, 4) is 0 Å². The SMILES string of the molecule is CCCNCc1cc(CN(CCC)C2CC2)oc1C. The highest BCUT2D eigenvalue weighted by Gasteiger charge is 2.29. The van der Waals surface area contributed by atoms with Gasteiger partial charge in [0, 0.05) is 18.2 Å². The van der Waals surface area contributed by atoms with Gasteiger partial charge in [0.2, 0.25) is 0 Å². The molecule has 3 nitrogen and oxygen atoms in total. The van der Waals surface area contributed by atoms with Crippen LogP contribution in [0.15, 0.2) is 10.5 Å². The van der Waals surface area contributed by atoms with Gasteiger partial charge < -0.3 is 9.73 Å². The molecular formula is C16H28N2O. The predicted molar refractivity (Wildman–Crippen MR) is 79.2 cm³/mol. The third-order valence-electron chi connectivity index (χ3n) is 3.75. The molecule has 0 unspecified atom stereocenters. The van der Waals surface area contributed by atoms with Gasteiger partial charge in [-0.3, -0.25) is 4.90 Å². The first-order valence-corrected chi connectivity index (χ1v) is 7.77. The standard InChI is InChI=1S/C16H28N2O/c1-4-8-17-11-14-10-16(19-13(14)3)12-18(9-5-2)15-6-7-15/h10,15,17H,4-9,11-12H2,1-3H3. The van der Waals surface area contributed by atoms with Crippen molar-refractivity contribution in [3.63, 3.8) is 0 Å². The summed E-state index contributed by atoms with van der Waals surface area (Å²) in [6.45, 7) is 10.7. The highest BCUT2D eigenvalue weighted by Crippen LogP contribution is 2.29. The molecule has 0 saturated heterocycles. The molecule has 1 fully saturated rings. The van der Waals surface area contributed by atoms with E-state index in [9.17, 15) is 0 Å². The van der Waals surface area contributed by atoms with E-state index in [0.29, 0.717) is 0 Å². The zero-order valence-corrected chi connectivity index (χ0v) is 12.7. The Morgan fingerprint density at radius 3 is 2.74 bits per heavy atom. The number of rotatable bonds is 9. The Kier molecular flexibility index (Phi) is 5.46. The molecule has 0 aromatic carbocycles. The monoisotopic (exact) mass is 264 g/mol. The summed E-state index contributed by atoms with van der Waals surface area (Å²) in [6, 6.07) is 3.05. The quantitative estimate of drug-likeness (QED) is 0.692. The summed E-state index contributed by atoms with van der Waals surface area (Å²) < 4.78 is 5.92. The summed E-state index contributed by atoms with van der Waals surface area (Å²) in [7, 11) is 0. The second kappa shape index (κ2) is 7.11. The first kappa shape index (κ1) is 14.6. The van der Waals surface area contributed by atoms with Crippen LogP contribution in [0.3, 0.4) is 0 Å². The Labute approximate surface area is 117 Å². The summed E-state index contributed by atoms with van der Waals surface area (Å²) in [6.07, 6.45) is 5.13. The number of hydrogen-bond acceptors (Lipinski definition) is 3. The van der Waals surface area contributed by atoms with E-state index in [2.05, 4.69) is 37.1 Å². The Morgan fingerprint density at radius 1 is 1.32 bits per heavy atom. The van der Waals surface area contributed by atoms with Gasteiger partial charge in [-0.1, -0.05) is 13.8 Å². The summed E-state index contributed by atoms with van der Waals surface area (Å²) >= 11 is 0. The topological polar surface area (TPSA) is 28.4 Å². The van der Waals surface area contributed by atoms with Crippen LogP contribution in [0, 0.1) is 6.92 Å². The van der Waals surface area contributed by atoms with Gasteiger partial charge in [-0.15, -0.1) is 0 Å². The number of nitrogens with zero attached hydrogens (tertiary/aromatic N) is 1. The summed E-state index contributed by atoms with van der Waals surface area (Å²) in [4.78, 5) is 2.57. The maximum atomic E-state index is 5.92. The molecule has 1 N–H and O–H groups in total. The molecule has 3 heteroatoms. The van der Waals surface area contributed by atoms with Crippen LogP contribution >= 0.6 is 0 Å². The van der Waals surface area contributed by atoms with Gasteiger partial charge in [0.05, 0.1) is 6.54 Å². The molecule has 0 aliphatic heterocycles. The average Bonchev–Trinajstić information content (AvgIpc) is 3.16. The Hall–Kier alpha value is -0.800. The van der Waals surface area contributed by atoms with Crippen LogP contribution in [-0.2, 0) is 13.1 Å². The zero-order chi connectivity index (χ0) is 13.7.